The van der Waals surface area contributed by atoms with Gasteiger partial charge in [0.2, 0.25) is 5.91 Å². The van der Waals surface area contributed by atoms with E-state index >= 15 is 0 Å². The first-order chi connectivity index (χ1) is 10.1. The third-order valence-corrected chi connectivity index (χ3v) is 3.17. The van der Waals surface area contributed by atoms with E-state index < -0.39 is 0 Å². The lowest BCUT2D eigenvalue weighted by Crippen LogP contribution is -2.10. The molecule has 1 heterocycles. The second-order valence-electron chi connectivity index (χ2n) is 4.76. The summed E-state index contributed by atoms with van der Waals surface area (Å²) in [6.07, 6.45) is 6.65. The Labute approximate surface area is 125 Å². The van der Waals surface area contributed by atoms with Crippen molar-refractivity contribution in [2.75, 3.05) is 11.9 Å². The van der Waals surface area contributed by atoms with Gasteiger partial charge in [0.25, 0.3) is 0 Å². The van der Waals surface area contributed by atoms with Gasteiger partial charge in [0, 0.05) is 30.8 Å². The van der Waals surface area contributed by atoms with E-state index in [1.54, 1.807) is 6.21 Å². The smallest absolute Gasteiger partial charge is 0.221 e. The van der Waals surface area contributed by atoms with Crippen molar-refractivity contribution in [1.82, 2.24) is 0 Å². The Morgan fingerprint density at radius 3 is 2.86 bits per heavy atom. The lowest BCUT2D eigenvalue weighted by atomic mass is 9.98. The first-order valence-corrected chi connectivity index (χ1v) is 7.04. The third-order valence-electron chi connectivity index (χ3n) is 3.17. The predicted molar refractivity (Wildman–Crippen MR) is 86.8 cm³/mol. The van der Waals surface area contributed by atoms with E-state index in [0.717, 1.165) is 29.1 Å². The molecule has 1 aliphatic rings. The number of ether oxygens (including phenoxy) is 1. The molecular formula is C17H20N2O2. The van der Waals surface area contributed by atoms with Crippen molar-refractivity contribution in [3.05, 3.63) is 41.6 Å². The van der Waals surface area contributed by atoms with Crippen LogP contribution in [0.5, 0.6) is 5.75 Å². The molecule has 0 spiro atoms. The maximum Gasteiger partial charge on any atom is 0.221 e. The molecule has 4 nitrogen and oxygen atoms in total. The zero-order valence-corrected chi connectivity index (χ0v) is 12.6. The van der Waals surface area contributed by atoms with Crippen LogP contribution in [0.1, 0.15) is 32.8 Å². The van der Waals surface area contributed by atoms with Crippen molar-refractivity contribution in [3.63, 3.8) is 0 Å². The minimum absolute atomic E-state index is 0.0815. The molecule has 0 aromatic heterocycles. The first kappa shape index (κ1) is 15.0. The van der Waals surface area contributed by atoms with Gasteiger partial charge in [-0.25, -0.2) is 0 Å². The van der Waals surface area contributed by atoms with Crippen molar-refractivity contribution < 1.29 is 9.53 Å². The summed E-state index contributed by atoms with van der Waals surface area (Å²) in [5.74, 6) is 0.763. The molecule has 1 aromatic carbocycles. The van der Waals surface area contributed by atoms with Crippen LogP contribution >= 0.6 is 0 Å². The number of rotatable bonds is 3. The number of anilines is 1. The van der Waals surface area contributed by atoms with Crippen LogP contribution in [0.25, 0.3) is 5.57 Å². The minimum atomic E-state index is -0.0815. The van der Waals surface area contributed by atoms with Crippen molar-refractivity contribution in [2.24, 2.45) is 4.99 Å². The molecule has 4 heteroatoms. The molecule has 21 heavy (non-hydrogen) atoms. The quantitative estimate of drug-likeness (QED) is 0.858. The molecule has 1 aliphatic heterocycles. The Morgan fingerprint density at radius 2 is 2.19 bits per heavy atom. The number of carbonyl (C=O) groups excluding carboxylic acids is 1. The molecule has 0 bridgehead atoms. The molecule has 0 atom stereocenters. The summed E-state index contributed by atoms with van der Waals surface area (Å²) in [6, 6.07) is 5.70. The molecule has 0 radical (unpaired) electrons. The van der Waals surface area contributed by atoms with Gasteiger partial charge in [-0.15, -0.1) is 0 Å². The van der Waals surface area contributed by atoms with Crippen LogP contribution in [-0.2, 0) is 4.79 Å². The van der Waals surface area contributed by atoms with Gasteiger partial charge >= 0.3 is 0 Å². The van der Waals surface area contributed by atoms with Gasteiger partial charge in [-0.1, -0.05) is 6.08 Å². The topological polar surface area (TPSA) is 50.7 Å². The lowest BCUT2D eigenvalue weighted by molar-refractivity contribution is -0.114. The van der Waals surface area contributed by atoms with E-state index in [1.807, 2.05) is 38.1 Å². The van der Waals surface area contributed by atoms with Crippen LogP contribution in [-0.4, -0.2) is 18.7 Å². The molecule has 0 aliphatic carbocycles. The van der Waals surface area contributed by atoms with E-state index in [-0.39, 0.29) is 5.91 Å². The van der Waals surface area contributed by atoms with Crippen molar-refractivity contribution >= 4 is 23.4 Å². The van der Waals surface area contributed by atoms with E-state index in [2.05, 4.69) is 16.4 Å². The molecule has 0 saturated heterocycles. The largest absolute Gasteiger partial charge is 0.493 e. The van der Waals surface area contributed by atoms with Gasteiger partial charge in [-0.05, 0) is 43.7 Å². The van der Waals surface area contributed by atoms with Crippen LogP contribution in [0.3, 0.4) is 0 Å². The minimum Gasteiger partial charge on any atom is -0.493 e. The molecule has 1 amide bonds. The second-order valence-corrected chi connectivity index (χ2v) is 4.76. The SMILES string of the molecule is C\C=N/C(=C\C)/C=C1/CCOc2ccc(NC(C)=O)cc21. The fraction of sp³-hybridized carbons (Fsp3) is 0.294. The van der Waals surface area contributed by atoms with Crippen molar-refractivity contribution in [1.29, 1.82) is 0 Å². The van der Waals surface area contributed by atoms with Crippen LogP contribution in [0.4, 0.5) is 5.69 Å². The third kappa shape index (κ3) is 3.81. The number of aliphatic imine (C=N–C) groups is 1. The number of carbonyl (C=O) groups is 1. The Morgan fingerprint density at radius 1 is 1.38 bits per heavy atom. The Bertz CT molecular complexity index is 628. The number of benzene rings is 1. The summed E-state index contributed by atoms with van der Waals surface area (Å²) in [4.78, 5) is 15.5. The Balaban J connectivity index is 2.41. The Hall–Kier alpha value is -2.36. The molecule has 1 aromatic rings. The average molecular weight is 284 g/mol. The lowest BCUT2D eigenvalue weighted by Gasteiger charge is -2.21. The fourth-order valence-electron chi connectivity index (χ4n) is 2.27. The number of nitrogens with one attached hydrogen (secondary N) is 1. The van der Waals surface area contributed by atoms with Crippen LogP contribution in [0.15, 0.2) is 41.0 Å². The molecular weight excluding hydrogens is 264 g/mol. The predicted octanol–water partition coefficient (Wildman–Crippen LogP) is 3.81. The number of hydrogen-bond donors (Lipinski definition) is 1. The van der Waals surface area contributed by atoms with E-state index in [4.69, 9.17) is 4.74 Å². The van der Waals surface area contributed by atoms with E-state index in [9.17, 15) is 4.79 Å². The zero-order valence-electron chi connectivity index (χ0n) is 12.6. The van der Waals surface area contributed by atoms with Gasteiger partial charge < -0.3 is 10.1 Å². The maximum absolute atomic E-state index is 11.2. The summed E-state index contributed by atoms with van der Waals surface area (Å²) >= 11 is 0. The first-order valence-electron chi connectivity index (χ1n) is 7.04. The summed E-state index contributed by atoms with van der Waals surface area (Å²) in [6.45, 7) is 6.02. The highest BCUT2D eigenvalue weighted by molar-refractivity contribution is 5.90. The van der Waals surface area contributed by atoms with Gasteiger partial charge in [0.05, 0.1) is 12.3 Å². The molecule has 0 unspecified atom stereocenters. The summed E-state index contributed by atoms with van der Waals surface area (Å²) in [5.41, 5.74) is 3.88. The number of hydrogen-bond acceptors (Lipinski definition) is 3. The van der Waals surface area contributed by atoms with Crippen molar-refractivity contribution in [3.8, 4) is 5.75 Å². The van der Waals surface area contributed by atoms with Gasteiger partial charge in [-0.2, -0.15) is 0 Å². The second kappa shape index (κ2) is 6.88. The highest BCUT2D eigenvalue weighted by Crippen LogP contribution is 2.35. The normalized spacial score (nSPS) is 16.7. The molecule has 0 fully saturated rings. The number of allylic oxidation sites excluding steroid dienone is 2. The highest BCUT2D eigenvalue weighted by atomic mass is 16.5. The summed E-state index contributed by atoms with van der Waals surface area (Å²) in [5, 5.41) is 2.80. The van der Waals surface area contributed by atoms with Crippen LogP contribution < -0.4 is 10.1 Å². The van der Waals surface area contributed by atoms with Gasteiger partial charge in [-0.3, -0.25) is 9.79 Å². The van der Waals surface area contributed by atoms with Crippen molar-refractivity contribution in [2.45, 2.75) is 27.2 Å². The Kier molecular flexibility index (Phi) is 4.93. The maximum atomic E-state index is 11.2. The molecule has 2 rings (SSSR count). The zero-order chi connectivity index (χ0) is 15.2. The molecule has 0 saturated carbocycles. The van der Waals surface area contributed by atoms with E-state index in [1.165, 1.54) is 12.5 Å². The van der Waals surface area contributed by atoms with Crippen LogP contribution in [0.2, 0.25) is 0 Å². The number of nitrogens with zero attached hydrogens (tertiary/aromatic N) is 1. The fourth-order valence-corrected chi connectivity index (χ4v) is 2.27. The molecule has 1 N–H and O–H groups in total. The van der Waals surface area contributed by atoms with Gasteiger partial charge in [0.1, 0.15) is 5.75 Å². The highest BCUT2D eigenvalue weighted by Gasteiger charge is 2.16. The monoisotopic (exact) mass is 284 g/mol. The molecule has 110 valence electrons. The summed E-state index contributed by atoms with van der Waals surface area (Å²) in [7, 11) is 0. The number of amides is 1. The average Bonchev–Trinajstić information content (AvgIpc) is 2.46. The number of fused-ring (bicyclic) bond motifs is 1. The summed E-state index contributed by atoms with van der Waals surface area (Å²) < 4.78 is 5.68. The van der Waals surface area contributed by atoms with E-state index in [0.29, 0.717) is 6.61 Å². The van der Waals surface area contributed by atoms with Crippen LogP contribution in [0, 0.1) is 0 Å². The standard InChI is InChI=1S/C17H20N2O2/c1-4-14(18-5-2)10-13-8-9-21-17-7-6-15(11-16(13)17)19-12(3)20/h4-7,10-11H,8-9H2,1-3H3,(H,19,20)/b13-10-,14-4-,18-5-. The van der Waals surface area contributed by atoms with Gasteiger partial charge in [0.15, 0.2) is 0 Å².